The van der Waals surface area contributed by atoms with Crippen LogP contribution in [0.1, 0.15) is 26.4 Å². The number of carbonyl (C=O) groups excluding carboxylic acids is 2. The van der Waals surface area contributed by atoms with Crippen molar-refractivity contribution in [1.82, 2.24) is 14.5 Å². The van der Waals surface area contributed by atoms with Crippen LogP contribution in [0.4, 0.5) is 5.69 Å². The third-order valence-electron chi connectivity index (χ3n) is 5.85. The van der Waals surface area contributed by atoms with Crippen LogP contribution in [-0.2, 0) is 11.8 Å². The number of pyridine rings is 2. The smallest absolute Gasteiger partial charge is 0.253 e. The zero-order valence-corrected chi connectivity index (χ0v) is 20.0. The molecule has 0 saturated heterocycles. The maximum absolute atomic E-state index is 12.6. The Labute approximate surface area is 207 Å². The van der Waals surface area contributed by atoms with E-state index in [-0.39, 0.29) is 16.8 Å². The van der Waals surface area contributed by atoms with Crippen LogP contribution in [0, 0.1) is 11.3 Å². The molecule has 10 heteroatoms. The van der Waals surface area contributed by atoms with E-state index in [4.69, 9.17) is 15.2 Å². The van der Waals surface area contributed by atoms with Gasteiger partial charge in [-0.2, -0.15) is 5.26 Å². The van der Waals surface area contributed by atoms with Crippen molar-refractivity contribution in [2.45, 2.75) is 0 Å². The number of anilines is 1. The largest absolute Gasteiger partial charge is 0.496 e. The molecule has 0 spiro atoms. The van der Waals surface area contributed by atoms with Crippen LogP contribution in [0.5, 0.6) is 5.75 Å². The molecule has 1 amide bonds. The number of fused-ring (bicyclic) bond motifs is 1. The highest BCUT2D eigenvalue weighted by Gasteiger charge is 2.26. The first-order valence-corrected chi connectivity index (χ1v) is 11.0. The molecular formula is C26H24N6O4. The summed E-state index contributed by atoms with van der Waals surface area (Å²) in [6.07, 6.45) is 2.06. The van der Waals surface area contributed by atoms with Crippen molar-refractivity contribution in [3.63, 3.8) is 0 Å². The first-order valence-electron chi connectivity index (χ1n) is 11.0. The standard InChI is InChI=1S/C26H24N6O4/c1-32-21-10-17(16-6-4-5-7-22(16)36-3)20(14-33)31-24(21)23(26(28)34)25(32)19-11-18(29-8-9-35-2)15(12-27)13-30-19/h4-7,10-11,13-14H,8-9H2,1-3H3,(H2,28,34)(H,29,30). The number of nitrogens with two attached hydrogens (primary N) is 1. The quantitative estimate of drug-likeness (QED) is 0.272. The highest BCUT2D eigenvalue weighted by Crippen LogP contribution is 2.37. The van der Waals surface area contributed by atoms with Crippen molar-refractivity contribution >= 4 is 28.9 Å². The number of hydrogen-bond acceptors (Lipinski definition) is 8. The number of nitrogens with one attached hydrogen (secondary N) is 1. The number of carbonyl (C=O) groups is 2. The number of hydrogen-bond donors (Lipinski definition) is 2. The van der Waals surface area contributed by atoms with Gasteiger partial charge >= 0.3 is 0 Å². The van der Waals surface area contributed by atoms with Crippen LogP contribution in [0.2, 0.25) is 0 Å². The average molecular weight is 485 g/mol. The summed E-state index contributed by atoms with van der Waals surface area (Å²) in [4.78, 5) is 33.6. The molecule has 0 bridgehead atoms. The van der Waals surface area contributed by atoms with Gasteiger partial charge in [0.2, 0.25) is 0 Å². The Morgan fingerprint density at radius 3 is 2.69 bits per heavy atom. The van der Waals surface area contributed by atoms with Crippen LogP contribution >= 0.6 is 0 Å². The van der Waals surface area contributed by atoms with Gasteiger partial charge < -0.3 is 25.1 Å². The number of methoxy groups -OCH3 is 2. The molecule has 0 radical (unpaired) electrons. The minimum Gasteiger partial charge on any atom is -0.496 e. The number of para-hydroxylation sites is 1. The van der Waals surface area contributed by atoms with Gasteiger partial charge in [-0.1, -0.05) is 18.2 Å². The van der Waals surface area contributed by atoms with Crippen LogP contribution in [0.15, 0.2) is 42.6 Å². The van der Waals surface area contributed by atoms with Gasteiger partial charge in [-0.25, -0.2) is 4.98 Å². The number of rotatable bonds is 9. The predicted octanol–water partition coefficient (Wildman–Crippen LogP) is 3.15. The van der Waals surface area contributed by atoms with Crippen molar-refractivity contribution in [3.05, 3.63) is 59.4 Å². The second-order valence-corrected chi connectivity index (χ2v) is 7.90. The fraction of sp³-hybridized carbons (Fsp3) is 0.192. The minimum absolute atomic E-state index is 0.127. The Hall–Kier alpha value is -4.75. The van der Waals surface area contributed by atoms with Crippen LogP contribution in [0.3, 0.4) is 0 Å². The molecule has 0 aliphatic rings. The highest BCUT2D eigenvalue weighted by atomic mass is 16.5. The van der Waals surface area contributed by atoms with Crippen molar-refractivity contribution in [2.24, 2.45) is 12.8 Å². The summed E-state index contributed by atoms with van der Waals surface area (Å²) in [7, 11) is 4.89. The zero-order chi connectivity index (χ0) is 25.8. The lowest BCUT2D eigenvalue weighted by molar-refractivity contribution is 0.100. The van der Waals surface area contributed by atoms with E-state index in [1.165, 1.54) is 6.20 Å². The second-order valence-electron chi connectivity index (χ2n) is 7.90. The Morgan fingerprint density at radius 1 is 1.25 bits per heavy atom. The number of aryl methyl sites for hydroxylation is 1. The van der Waals surface area contributed by atoms with E-state index in [0.717, 1.165) is 0 Å². The number of benzene rings is 1. The van der Waals surface area contributed by atoms with Crippen LogP contribution < -0.4 is 15.8 Å². The maximum Gasteiger partial charge on any atom is 0.253 e. The van der Waals surface area contributed by atoms with E-state index in [1.807, 2.05) is 18.2 Å². The number of ether oxygens (including phenoxy) is 2. The summed E-state index contributed by atoms with van der Waals surface area (Å²) >= 11 is 0. The SMILES string of the molecule is COCCNc1cc(-c2c(C(N)=O)c3nc(C=O)c(-c4ccccc4OC)cc3n2C)ncc1C#N. The lowest BCUT2D eigenvalue weighted by Crippen LogP contribution is -2.13. The van der Waals surface area contributed by atoms with Crippen molar-refractivity contribution < 1.29 is 19.1 Å². The number of aldehydes is 1. The van der Waals surface area contributed by atoms with Crippen molar-refractivity contribution in [3.8, 4) is 34.3 Å². The average Bonchev–Trinajstić information content (AvgIpc) is 3.19. The van der Waals surface area contributed by atoms with Gasteiger partial charge in [0.1, 0.15) is 23.0 Å². The number of aromatic nitrogens is 3. The molecule has 182 valence electrons. The third kappa shape index (κ3) is 4.23. The van der Waals surface area contributed by atoms with Gasteiger partial charge in [-0.3, -0.25) is 14.6 Å². The Morgan fingerprint density at radius 2 is 2.03 bits per heavy atom. The van der Waals surface area contributed by atoms with Gasteiger partial charge in [-0.15, -0.1) is 0 Å². The van der Waals surface area contributed by atoms with Crippen LogP contribution in [-0.4, -0.2) is 54.1 Å². The number of nitriles is 1. The predicted molar refractivity (Wildman–Crippen MR) is 135 cm³/mol. The molecule has 0 aliphatic carbocycles. The van der Waals surface area contributed by atoms with E-state index in [9.17, 15) is 14.9 Å². The summed E-state index contributed by atoms with van der Waals surface area (Å²) in [5.41, 5.74) is 9.85. The molecule has 36 heavy (non-hydrogen) atoms. The summed E-state index contributed by atoms with van der Waals surface area (Å²) in [6, 6.07) is 12.8. The summed E-state index contributed by atoms with van der Waals surface area (Å²) in [5, 5.41) is 12.6. The Kier molecular flexibility index (Phi) is 6.94. The number of amides is 1. The van der Waals surface area contributed by atoms with Gasteiger partial charge in [0.15, 0.2) is 6.29 Å². The lowest BCUT2D eigenvalue weighted by atomic mass is 10.0. The third-order valence-corrected chi connectivity index (χ3v) is 5.85. The van der Waals surface area contributed by atoms with Crippen molar-refractivity contribution in [1.29, 1.82) is 5.26 Å². The molecule has 0 fully saturated rings. The van der Waals surface area contributed by atoms with Gasteiger partial charge in [0, 0.05) is 38.0 Å². The molecular weight excluding hydrogens is 460 g/mol. The van der Waals surface area contributed by atoms with E-state index in [1.54, 1.807) is 44.0 Å². The minimum atomic E-state index is -0.718. The van der Waals surface area contributed by atoms with Gasteiger partial charge in [0.05, 0.1) is 47.4 Å². The van der Waals surface area contributed by atoms with E-state index in [2.05, 4.69) is 21.4 Å². The molecule has 4 aromatic rings. The molecule has 0 saturated carbocycles. The first-order chi connectivity index (χ1) is 17.4. The lowest BCUT2D eigenvalue weighted by Gasteiger charge is -2.11. The summed E-state index contributed by atoms with van der Waals surface area (Å²) in [6.45, 7) is 0.909. The van der Waals surface area contributed by atoms with Crippen molar-refractivity contribution in [2.75, 3.05) is 32.7 Å². The molecule has 0 aliphatic heterocycles. The number of nitrogens with zero attached hydrogens (tertiary/aromatic N) is 4. The highest BCUT2D eigenvalue weighted by molar-refractivity contribution is 6.12. The zero-order valence-electron chi connectivity index (χ0n) is 20.0. The molecule has 3 aromatic heterocycles. The molecule has 0 unspecified atom stereocenters. The van der Waals surface area contributed by atoms with Gasteiger partial charge in [0.25, 0.3) is 5.91 Å². The van der Waals surface area contributed by atoms with Crippen LogP contribution in [0.25, 0.3) is 33.5 Å². The first kappa shape index (κ1) is 24.4. The molecule has 4 rings (SSSR count). The molecule has 0 atom stereocenters. The maximum atomic E-state index is 12.6. The van der Waals surface area contributed by atoms with Gasteiger partial charge in [-0.05, 0) is 18.2 Å². The topological polar surface area (TPSA) is 145 Å². The Bertz CT molecular complexity index is 1520. The fourth-order valence-electron chi connectivity index (χ4n) is 4.17. The second kappa shape index (κ2) is 10.2. The monoisotopic (exact) mass is 484 g/mol. The van der Waals surface area contributed by atoms with E-state index in [0.29, 0.717) is 64.5 Å². The molecule has 3 heterocycles. The van der Waals surface area contributed by atoms with E-state index >= 15 is 0 Å². The normalized spacial score (nSPS) is 10.7. The number of primary amides is 1. The Balaban J connectivity index is 1.99. The molecule has 10 nitrogen and oxygen atoms in total. The summed E-state index contributed by atoms with van der Waals surface area (Å²) in [5.74, 6) is -0.142. The summed E-state index contributed by atoms with van der Waals surface area (Å²) < 4.78 is 12.3. The van der Waals surface area contributed by atoms with E-state index < -0.39 is 5.91 Å². The molecule has 3 N–H and O–H groups in total. The molecule has 1 aromatic carbocycles. The fourth-order valence-corrected chi connectivity index (χ4v) is 4.17.